The third kappa shape index (κ3) is 4.34. The van der Waals surface area contributed by atoms with E-state index in [0.29, 0.717) is 51.3 Å². The number of carbonyl (C=O) groups excluding carboxylic acids is 2. The normalized spacial score (nSPS) is 11.7. The van der Waals surface area contributed by atoms with E-state index in [0.717, 1.165) is 0 Å². The van der Waals surface area contributed by atoms with E-state index in [1.807, 2.05) is 13.8 Å². The molecule has 1 aromatic heterocycles. The lowest BCUT2D eigenvalue weighted by Gasteiger charge is -2.17. The second-order valence-corrected chi connectivity index (χ2v) is 7.81. The number of esters is 1. The molecule has 1 aliphatic rings. The topological polar surface area (TPSA) is 89.1 Å². The van der Waals surface area contributed by atoms with E-state index in [9.17, 15) is 9.59 Å². The molecular formula is C20H23N3O5S2. The summed E-state index contributed by atoms with van der Waals surface area (Å²) in [6, 6.07) is 5.35. The van der Waals surface area contributed by atoms with Crippen molar-refractivity contribution < 1.29 is 23.8 Å². The van der Waals surface area contributed by atoms with E-state index >= 15 is 0 Å². The second-order valence-electron chi connectivity index (χ2n) is 6.38. The summed E-state index contributed by atoms with van der Waals surface area (Å²) in [5, 5.41) is 6.80. The van der Waals surface area contributed by atoms with E-state index in [1.54, 1.807) is 30.0 Å². The molecule has 0 spiro atoms. The fourth-order valence-corrected chi connectivity index (χ4v) is 4.50. The van der Waals surface area contributed by atoms with Crippen molar-refractivity contribution in [2.24, 2.45) is 0 Å². The summed E-state index contributed by atoms with van der Waals surface area (Å²) in [5.74, 6) is 0.629. The largest absolute Gasteiger partial charge is 0.465 e. The maximum atomic E-state index is 12.9. The van der Waals surface area contributed by atoms with Crippen molar-refractivity contribution in [2.45, 2.75) is 20.8 Å². The zero-order valence-electron chi connectivity index (χ0n) is 17.2. The van der Waals surface area contributed by atoms with Crippen LogP contribution in [0.15, 0.2) is 18.2 Å². The summed E-state index contributed by atoms with van der Waals surface area (Å²) in [6.07, 6.45) is 0. The highest BCUT2D eigenvalue weighted by Gasteiger charge is 2.27. The smallest absolute Gasteiger partial charge is 0.341 e. The lowest BCUT2D eigenvalue weighted by Crippen LogP contribution is -2.30. The molecule has 0 radical (unpaired) electrons. The first-order chi connectivity index (χ1) is 14.4. The highest BCUT2D eigenvalue weighted by atomic mass is 32.1. The third-order valence-corrected chi connectivity index (χ3v) is 6.04. The number of nitrogens with zero attached hydrogens (tertiary/aromatic N) is 1. The fourth-order valence-electron chi connectivity index (χ4n) is 3.05. The number of thiocarbonyl (C=S) groups is 1. The molecule has 0 unspecified atom stereocenters. The van der Waals surface area contributed by atoms with Gasteiger partial charge in [0.1, 0.15) is 5.00 Å². The minimum Gasteiger partial charge on any atom is -0.465 e. The van der Waals surface area contributed by atoms with Gasteiger partial charge in [0.2, 0.25) is 6.79 Å². The van der Waals surface area contributed by atoms with E-state index in [4.69, 9.17) is 26.4 Å². The summed E-state index contributed by atoms with van der Waals surface area (Å²) >= 11 is 6.59. The highest BCUT2D eigenvalue weighted by Crippen LogP contribution is 2.36. The third-order valence-electron chi connectivity index (χ3n) is 4.64. The van der Waals surface area contributed by atoms with Crippen LogP contribution in [-0.4, -0.2) is 48.9 Å². The Balaban J connectivity index is 1.85. The molecule has 0 bridgehead atoms. The van der Waals surface area contributed by atoms with Crippen molar-refractivity contribution in [1.29, 1.82) is 0 Å². The first kappa shape index (κ1) is 21.8. The molecule has 0 aliphatic carbocycles. The molecule has 2 aromatic rings. The van der Waals surface area contributed by atoms with Crippen molar-refractivity contribution >= 4 is 51.2 Å². The van der Waals surface area contributed by atoms with Crippen LogP contribution in [0.2, 0.25) is 0 Å². The first-order valence-corrected chi connectivity index (χ1v) is 10.6. The Hall–Kier alpha value is -2.85. The number of hydrogen-bond acceptors (Lipinski definition) is 7. The molecule has 2 heterocycles. The van der Waals surface area contributed by atoms with Crippen LogP contribution < -0.4 is 20.1 Å². The van der Waals surface area contributed by atoms with Crippen LogP contribution in [-0.2, 0) is 4.74 Å². The van der Waals surface area contributed by atoms with Crippen LogP contribution in [0, 0.1) is 6.92 Å². The van der Waals surface area contributed by atoms with E-state index in [2.05, 4.69) is 10.6 Å². The summed E-state index contributed by atoms with van der Waals surface area (Å²) in [7, 11) is 1.30. The van der Waals surface area contributed by atoms with Gasteiger partial charge in [-0.15, -0.1) is 11.3 Å². The number of rotatable bonds is 6. The second kappa shape index (κ2) is 9.31. The van der Waals surface area contributed by atoms with Gasteiger partial charge < -0.3 is 29.7 Å². The van der Waals surface area contributed by atoms with Gasteiger partial charge in [0, 0.05) is 24.8 Å². The van der Waals surface area contributed by atoms with Gasteiger partial charge in [-0.3, -0.25) is 4.79 Å². The predicted molar refractivity (Wildman–Crippen MR) is 120 cm³/mol. The Morgan fingerprint density at radius 1 is 1.20 bits per heavy atom. The molecule has 0 fully saturated rings. The zero-order chi connectivity index (χ0) is 21.8. The van der Waals surface area contributed by atoms with Crippen molar-refractivity contribution in [1.82, 2.24) is 4.90 Å². The van der Waals surface area contributed by atoms with Crippen LogP contribution in [0.1, 0.15) is 39.4 Å². The lowest BCUT2D eigenvalue weighted by atomic mass is 10.1. The van der Waals surface area contributed by atoms with Crippen LogP contribution >= 0.6 is 23.6 Å². The van der Waals surface area contributed by atoms with E-state index in [1.165, 1.54) is 18.4 Å². The number of carbonyl (C=O) groups is 2. The van der Waals surface area contributed by atoms with Crippen molar-refractivity contribution in [3.63, 3.8) is 0 Å². The molecule has 0 saturated heterocycles. The first-order valence-electron chi connectivity index (χ1n) is 9.38. The molecule has 160 valence electrons. The van der Waals surface area contributed by atoms with Gasteiger partial charge in [-0.1, -0.05) is 0 Å². The fraction of sp³-hybridized carbons (Fsp3) is 0.350. The lowest BCUT2D eigenvalue weighted by molar-refractivity contribution is 0.0601. The van der Waals surface area contributed by atoms with Crippen LogP contribution in [0.4, 0.5) is 10.7 Å². The van der Waals surface area contributed by atoms with Gasteiger partial charge in [0.25, 0.3) is 5.91 Å². The molecule has 1 aliphatic heterocycles. The molecular weight excluding hydrogens is 426 g/mol. The Labute approximate surface area is 184 Å². The molecule has 8 nitrogen and oxygen atoms in total. The Morgan fingerprint density at radius 2 is 1.90 bits per heavy atom. The number of amides is 1. The SMILES string of the molecule is CCN(CC)C(=O)c1sc(NC(=S)Nc2ccc3c(c2)OCO3)c(C(=O)OC)c1C. The number of benzene rings is 1. The molecule has 3 rings (SSSR count). The monoisotopic (exact) mass is 449 g/mol. The molecule has 30 heavy (non-hydrogen) atoms. The Kier molecular flexibility index (Phi) is 6.78. The quantitative estimate of drug-likeness (QED) is 0.508. The Morgan fingerprint density at radius 3 is 2.57 bits per heavy atom. The van der Waals surface area contributed by atoms with Gasteiger partial charge in [-0.25, -0.2) is 4.79 Å². The predicted octanol–water partition coefficient (Wildman–Crippen LogP) is 3.86. The average molecular weight is 450 g/mol. The van der Waals surface area contributed by atoms with Gasteiger partial charge in [0.05, 0.1) is 17.6 Å². The summed E-state index contributed by atoms with van der Waals surface area (Å²) in [6.45, 7) is 6.89. The number of methoxy groups -OCH3 is 1. The van der Waals surface area contributed by atoms with E-state index < -0.39 is 5.97 Å². The van der Waals surface area contributed by atoms with E-state index in [-0.39, 0.29) is 17.8 Å². The maximum Gasteiger partial charge on any atom is 0.341 e. The van der Waals surface area contributed by atoms with Gasteiger partial charge in [-0.2, -0.15) is 0 Å². The minimum atomic E-state index is -0.532. The number of nitrogens with one attached hydrogen (secondary N) is 2. The standard InChI is InChI=1S/C20H23N3O5S2/c1-5-23(6-2)18(24)16-11(3)15(19(25)26-4)17(30-16)22-20(29)21-12-7-8-13-14(9-12)28-10-27-13/h7-9H,5-6,10H2,1-4H3,(H2,21,22,29). The zero-order valence-corrected chi connectivity index (χ0v) is 18.8. The van der Waals surface area contributed by atoms with Gasteiger partial charge >= 0.3 is 5.97 Å². The molecule has 1 aromatic carbocycles. The summed E-state index contributed by atoms with van der Waals surface area (Å²) < 4.78 is 15.6. The van der Waals surface area contributed by atoms with Crippen LogP contribution in [0.25, 0.3) is 0 Å². The number of anilines is 2. The summed E-state index contributed by atoms with van der Waals surface area (Å²) in [5.41, 5.74) is 1.56. The van der Waals surface area contributed by atoms with Crippen LogP contribution in [0.5, 0.6) is 11.5 Å². The van der Waals surface area contributed by atoms with Crippen LogP contribution in [0.3, 0.4) is 0 Å². The molecule has 2 N–H and O–H groups in total. The molecule has 1 amide bonds. The Bertz CT molecular complexity index is 985. The molecule has 0 saturated carbocycles. The number of ether oxygens (including phenoxy) is 3. The maximum absolute atomic E-state index is 12.9. The van der Waals surface area contributed by atoms with Crippen molar-refractivity contribution in [3.8, 4) is 11.5 Å². The molecule has 0 atom stereocenters. The van der Waals surface area contributed by atoms with Crippen molar-refractivity contribution in [3.05, 3.63) is 34.2 Å². The molecule has 10 heteroatoms. The van der Waals surface area contributed by atoms with Gasteiger partial charge in [0.15, 0.2) is 16.6 Å². The number of thiophene rings is 1. The van der Waals surface area contributed by atoms with Gasteiger partial charge in [-0.05, 0) is 50.7 Å². The average Bonchev–Trinajstić information content (AvgIpc) is 3.32. The highest BCUT2D eigenvalue weighted by molar-refractivity contribution is 7.80. The van der Waals surface area contributed by atoms with Crippen molar-refractivity contribution in [2.75, 3.05) is 37.6 Å². The summed E-state index contributed by atoms with van der Waals surface area (Å²) in [4.78, 5) is 27.4. The minimum absolute atomic E-state index is 0.129. The number of fused-ring (bicyclic) bond motifs is 1. The number of hydrogen-bond donors (Lipinski definition) is 2.